The Hall–Kier alpha value is -1.71. The molecule has 2 aromatic carbocycles. The van der Waals surface area contributed by atoms with Crippen LogP contribution in [0.5, 0.6) is 0 Å². The zero-order valence-corrected chi connectivity index (χ0v) is 17.9. The molecule has 28 heavy (non-hydrogen) atoms. The Morgan fingerprint density at radius 1 is 0.893 bits per heavy atom. The Bertz CT molecular complexity index is 920. The summed E-state index contributed by atoms with van der Waals surface area (Å²) in [5.41, 5.74) is 6.23. The second-order valence-corrected chi connectivity index (χ2v) is 10.2. The van der Waals surface area contributed by atoms with Crippen molar-refractivity contribution >= 4 is 20.0 Å². The predicted octanol–water partition coefficient (Wildman–Crippen LogP) is 5.82. The number of hydrogen-bond acceptors (Lipinski definition) is 2. The third-order valence-electron chi connectivity index (χ3n) is 5.72. The van der Waals surface area contributed by atoms with Crippen LogP contribution in [0.2, 0.25) is 0 Å². The monoisotopic (exact) mass is 400 g/mol. The second kappa shape index (κ2) is 7.61. The number of rotatable bonds is 5. The largest absolute Gasteiger partial charge is 0.469 e. The third kappa shape index (κ3) is 5.01. The highest BCUT2D eigenvalue weighted by atomic mass is 31.2. The molecule has 0 radical (unpaired) electrons. The summed E-state index contributed by atoms with van der Waals surface area (Å²) >= 11 is 0. The molecule has 0 saturated carbocycles. The number of phosphoric ester groups is 1. The lowest BCUT2D eigenvalue weighted by atomic mass is 9.63. The minimum Gasteiger partial charge on any atom is -0.303 e. The third-order valence-corrected chi connectivity index (χ3v) is 6.19. The van der Waals surface area contributed by atoms with Gasteiger partial charge in [0, 0.05) is 0 Å². The molecule has 0 spiro atoms. The molecule has 4 nitrogen and oxygen atoms in total. The molecule has 0 saturated heterocycles. The molecule has 0 amide bonds. The van der Waals surface area contributed by atoms with E-state index in [0.717, 1.165) is 11.1 Å². The molecule has 3 rings (SSSR count). The van der Waals surface area contributed by atoms with Gasteiger partial charge in [0.05, 0.1) is 6.61 Å². The Balaban J connectivity index is 1.77. The maximum atomic E-state index is 10.8. The van der Waals surface area contributed by atoms with E-state index >= 15 is 0 Å². The van der Waals surface area contributed by atoms with E-state index in [1.165, 1.54) is 29.5 Å². The van der Waals surface area contributed by atoms with Gasteiger partial charge in [0.15, 0.2) is 0 Å². The lowest BCUT2D eigenvalue weighted by Gasteiger charge is -2.42. The van der Waals surface area contributed by atoms with Crippen molar-refractivity contribution in [2.45, 2.75) is 58.0 Å². The summed E-state index contributed by atoms with van der Waals surface area (Å²) in [5, 5.41) is 0. The van der Waals surface area contributed by atoms with Gasteiger partial charge in [-0.15, -0.1) is 0 Å². The first-order chi connectivity index (χ1) is 13.0. The van der Waals surface area contributed by atoms with Crippen LogP contribution in [0.3, 0.4) is 0 Å². The van der Waals surface area contributed by atoms with Crippen LogP contribution >= 0.6 is 7.82 Å². The summed E-state index contributed by atoms with van der Waals surface area (Å²) in [5.74, 6) is 0. The van der Waals surface area contributed by atoms with E-state index in [2.05, 4.69) is 62.6 Å². The van der Waals surface area contributed by atoms with Crippen LogP contribution < -0.4 is 0 Å². The molecule has 0 unspecified atom stereocenters. The average molecular weight is 400 g/mol. The summed E-state index contributed by atoms with van der Waals surface area (Å²) in [6.07, 6.45) is 6.56. The molecule has 0 heterocycles. The van der Waals surface area contributed by atoms with Crippen LogP contribution in [-0.4, -0.2) is 9.79 Å². The van der Waals surface area contributed by atoms with Crippen LogP contribution in [0.15, 0.2) is 42.5 Å². The van der Waals surface area contributed by atoms with Gasteiger partial charge in [-0.1, -0.05) is 82.3 Å². The van der Waals surface area contributed by atoms with E-state index in [-0.39, 0.29) is 17.4 Å². The zero-order valence-electron chi connectivity index (χ0n) is 17.0. The molecular formula is C23H29O4P. The van der Waals surface area contributed by atoms with Crippen molar-refractivity contribution in [1.82, 2.24) is 0 Å². The normalized spacial score (nSPS) is 18.2. The van der Waals surface area contributed by atoms with Gasteiger partial charge < -0.3 is 9.79 Å². The molecule has 150 valence electrons. The Morgan fingerprint density at radius 2 is 1.43 bits per heavy atom. The molecule has 0 bridgehead atoms. The Labute approximate surface area is 167 Å². The van der Waals surface area contributed by atoms with Gasteiger partial charge in [-0.3, -0.25) is 4.52 Å². The second-order valence-electron chi connectivity index (χ2n) is 8.91. The quantitative estimate of drug-likeness (QED) is 0.491. The summed E-state index contributed by atoms with van der Waals surface area (Å²) in [4.78, 5) is 17.5. The molecule has 5 heteroatoms. The highest BCUT2D eigenvalue weighted by molar-refractivity contribution is 7.46. The molecule has 0 atom stereocenters. The van der Waals surface area contributed by atoms with Crippen molar-refractivity contribution in [3.05, 3.63) is 70.3 Å². The minimum absolute atomic E-state index is 0.107. The first-order valence-electron chi connectivity index (χ1n) is 9.58. The number of phosphoric acid groups is 1. The summed E-state index contributed by atoms with van der Waals surface area (Å²) in [6.45, 7) is 9.20. The molecule has 0 fully saturated rings. The highest BCUT2D eigenvalue weighted by Gasteiger charge is 2.36. The van der Waals surface area contributed by atoms with E-state index in [9.17, 15) is 4.57 Å². The van der Waals surface area contributed by atoms with Gasteiger partial charge in [0.1, 0.15) is 0 Å². The standard InChI is InChI=1S/C23H29O4P/c1-22(2)13-14-23(3,4)21-15-18(11-12-20(21)22)8-5-17-6-9-19(10-7-17)16-27-28(24,25)26/h5-12,15H,13-14,16H2,1-4H3,(H2,24,25,26). The Morgan fingerprint density at radius 3 is 2.04 bits per heavy atom. The number of fused-ring (bicyclic) bond motifs is 1. The summed E-state index contributed by atoms with van der Waals surface area (Å²) < 4.78 is 15.3. The van der Waals surface area contributed by atoms with Crippen molar-refractivity contribution in [2.75, 3.05) is 0 Å². The van der Waals surface area contributed by atoms with Crippen molar-refractivity contribution < 1.29 is 18.9 Å². The van der Waals surface area contributed by atoms with Gasteiger partial charge in [-0.25, -0.2) is 4.57 Å². The lowest BCUT2D eigenvalue weighted by Crippen LogP contribution is -2.33. The van der Waals surface area contributed by atoms with E-state index in [0.29, 0.717) is 0 Å². The lowest BCUT2D eigenvalue weighted by molar-refractivity contribution is 0.189. The molecule has 0 aromatic heterocycles. The maximum absolute atomic E-state index is 10.8. The average Bonchev–Trinajstić information content (AvgIpc) is 2.62. The predicted molar refractivity (Wildman–Crippen MR) is 114 cm³/mol. The zero-order chi connectivity index (χ0) is 20.6. The summed E-state index contributed by atoms with van der Waals surface area (Å²) in [6, 6.07) is 14.2. The van der Waals surface area contributed by atoms with Crippen LogP contribution in [0.1, 0.15) is 68.4 Å². The molecule has 2 aromatic rings. The fraction of sp³-hybridized carbons (Fsp3) is 0.391. The van der Waals surface area contributed by atoms with E-state index in [1.807, 2.05) is 24.3 Å². The topological polar surface area (TPSA) is 66.8 Å². The fourth-order valence-electron chi connectivity index (χ4n) is 3.79. The van der Waals surface area contributed by atoms with Gasteiger partial charge in [0.2, 0.25) is 0 Å². The molecular weight excluding hydrogens is 371 g/mol. The molecule has 2 N–H and O–H groups in total. The van der Waals surface area contributed by atoms with Crippen LogP contribution in [0, 0.1) is 0 Å². The minimum atomic E-state index is -4.44. The van der Waals surface area contributed by atoms with E-state index < -0.39 is 7.82 Å². The number of hydrogen-bond donors (Lipinski definition) is 2. The van der Waals surface area contributed by atoms with Crippen molar-refractivity contribution in [1.29, 1.82) is 0 Å². The van der Waals surface area contributed by atoms with Gasteiger partial charge in [-0.2, -0.15) is 0 Å². The van der Waals surface area contributed by atoms with Gasteiger partial charge in [0.25, 0.3) is 0 Å². The van der Waals surface area contributed by atoms with Gasteiger partial charge in [-0.05, 0) is 51.5 Å². The smallest absolute Gasteiger partial charge is 0.303 e. The first-order valence-corrected chi connectivity index (χ1v) is 11.1. The summed E-state index contributed by atoms with van der Waals surface area (Å²) in [7, 11) is -4.44. The molecule has 1 aliphatic carbocycles. The van der Waals surface area contributed by atoms with Crippen LogP contribution in [0.25, 0.3) is 12.2 Å². The SMILES string of the molecule is CC1(C)CCC(C)(C)c2cc(C=Cc3ccc(COP(=O)(O)O)cc3)ccc21. The first kappa shape index (κ1) is 21.0. The maximum Gasteiger partial charge on any atom is 0.469 e. The fourth-order valence-corrected chi connectivity index (χ4v) is 4.10. The van der Waals surface area contributed by atoms with Crippen molar-refractivity contribution in [3.8, 4) is 0 Å². The van der Waals surface area contributed by atoms with Crippen molar-refractivity contribution in [2.24, 2.45) is 0 Å². The van der Waals surface area contributed by atoms with E-state index in [4.69, 9.17) is 9.79 Å². The molecule has 0 aliphatic heterocycles. The van der Waals surface area contributed by atoms with Crippen LogP contribution in [-0.2, 0) is 26.5 Å². The van der Waals surface area contributed by atoms with E-state index in [1.54, 1.807) is 0 Å². The Kier molecular flexibility index (Phi) is 5.71. The molecule has 1 aliphatic rings. The van der Waals surface area contributed by atoms with Crippen molar-refractivity contribution in [3.63, 3.8) is 0 Å². The number of benzene rings is 2. The van der Waals surface area contributed by atoms with Gasteiger partial charge >= 0.3 is 7.82 Å². The highest BCUT2D eigenvalue weighted by Crippen LogP contribution is 2.46. The van der Waals surface area contributed by atoms with Crippen LogP contribution in [0.4, 0.5) is 0 Å².